The van der Waals surface area contributed by atoms with E-state index in [9.17, 15) is 19.7 Å². The molecule has 0 saturated carbocycles. The van der Waals surface area contributed by atoms with E-state index in [1.54, 1.807) is 0 Å². The molecular weight excluding hydrogens is 428 g/mol. The summed E-state index contributed by atoms with van der Waals surface area (Å²) in [7, 11) is 1.29. The molecule has 7 nitrogen and oxygen atoms in total. The lowest BCUT2D eigenvalue weighted by atomic mass is 9.72. The van der Waals surface area contributed by atoms with Crippen molar-refractivity contribution in [3.63, 3.8) is 0 Å². The zero-order valence-electron chi connectivity index (χ0n) is 17.2. The van der Waals surface area contributed by atoms with E-state index in [0.717, 1.165) is 23.3 Å². The molecule has 2 aromatic rings. The van der Waals surface area contributed by atoms with E-state index >= 15 is 0 Å². The minimum absolute atomic E-state index is 0.123. The summed E-state index contributed by atoms with van der Waals surface area (Å²) in [6.45, 7) is 6.58. The number of nitrogens with zero attached hydrogens (tertiary/aromatic N) is 1. The van der Waals surface area contributed by atoms with Crippen LogP contribution in [0.5, 0.6) is 0 Å². The zero-order chi connectivity index (χ0) is 22.2. The van der Waals surface area contributed by atoms with Crippen molar-refractivity contribution < 1.29 is 19.2 Å². The number of carbonyl (C=O) groups excluding carboxylic acids is 2. The zero-order valence-corrected chi connectivity index (χ0v) is 18.8. The minimum Gasteiger partial charge on any atom is -0.465 e. The van der Waals surface area contributed by atoms with Gasteiger partial charge >= 0.3 is 5.97 Å². The topological polar surface area (TPSA) is 98.5 Å². The number of fused-ring (bicyclic) bond motifs is 1. The first kappa shape index (κ1) is 22.2. The number of esters is 1. The van der Waals surface area contributed by atoms with Crippen LogP contribution in [0.1, 0.15) is 58.3 Å². The van der Waals surface area contributed by atoms with Crippen molar-refractivity contribution in [2.24, 2.45) is 11.3 Å². The second-order valence-electron chi connectivity index (χ2n) is 8.38. The first-order valence-corrected chi connectivity index (χ1v) is 10.7. The van der Waals surface area contributed by atoms with Gasteiger partial charge in [-0.3, -0.25) is 14.9 Å². The fraction of sp³-hybridized carbons (Fsp3) is 0.429. The van der Waals surface area contributed by atoms with Crippen molar-refractivity contribution in [1.29, 1.82) is 0 Å². The lowest BCUT2D eigenvalue weighted by Gasteiger charge is -2.33. The molecule has 160 valence electrons. The quantitative estimate of drug-likeness (QED) is 0.376. The van der Waals surface area contributed by atoms with Crippen LogP contribution in [0.2, 0.25) is 5.02 Å². The van der Waals surface area contributed by atoms with Gasteiger partial charge in [-0.05, 0) is 48.3 Å². The van der Waals surface area contributed by atoms with Crippen molar-refractivity contribution in [2.75, 3.05) is 12.4 Å². The molecular formula is C21H23ClN2O5S. The Morgan fingerprint density at radius 2 is 2.03 bits per heavy atom. The fourth-order valence-corrected chi connectivity index (χ4v) is 5.23. The maximum atomic E-state index is 12.9. The largest absolute Gasteiger partial charge is 0.465 e. The van der Waals surface area contributed by atoms with Crippen LogP contribution < -0.4 is 5.32 Å². The number of ether oxygens (including phenoxy) is 1. The van der Waals surface area contributed by atoms with Crippen LogP contribution in [0.25, 0.3) is 0 Å². The molecule has 0 spiro atoms. The lowest BCUT2D eigenvalue weighted by Crippen LogP contribution is -2.26. The first-order chi connectivity index (χ1) is 14.0. The summed E-state index contributed by atoms with van der Waals surface area (Å²) in [5.74, 6) is -0.773. The predicted octanol–water partition coefficient (Wildman–Crippen LogP) is 5.50. The number of methoxy groups -OCH3 is 1. The van der Waals surface area contributed by atoms with Crippen LogP contribution in [0.15, 0.2) is 18.2 Å². The predicted molar refractivity (Wildman–Crippen MR) is 117 cm³/mol. The monoisotopic (exact) mass is 450 g/mol. The number of thiophene rings is 1. The molecule has 30 heavy (non-hydrogen) atoms. The van der Waals surface area contributed by atoms with Crippen LogP contribution in [0.3, 0.4) is 0 Å². The van der Waals surface area contributed by atoms with E-state index in [4.69, 9.17) is 16.3 Å². The molecule has 1 heterocycles. The Morgan fingerprint density at radius 1 is 1.33 bits per heavy atom. The number of carbonyl (C=O) groups is 2. The summed E-state index contributed by atoms with van der Waals surface area (Å²) in [6, 6.07) is 3.79. The van der Waals surface area contributed by atoms with Gasteiger partial charge in [0, 0.05) is 16.0 Å². The Balaban J connectivity index is 2.00. The van der Waals surface area contributed by atoms with Crippen LogP contribution in [0, 0.1) is 21.4 Å². The Morgan fingerprint density at radius 3 is 2.63 bits per heavy atom. The van der Waals surface area contributed by atoms with Gasteiger partial charge in [-0.25, -0.2) is 4.79 Å². The highest BCUT2D eigenvalue weighted by Crippen LogP contribution is 2.44. The Bertz CT molecular complexity index is 1030. The van der Waals surface area contributed by atoms with Gasteiger partial charge in [0.05, 0.1) is 17.6 Å². The highest BCUT2D eigenvalue weighted by atomic mass is 35.5. The summed E-state index contributed by atoms with van der Waals surface area (Å²) in [5.41, 5.74) is 0.830. The van der Waals surface area contributed by atoms with E-state index in [0.29, 0.717) is 22.9 Å². The van der Waals surface area contributed by atoms with Gasteiger partial charge < -0.3 is 10.1 Å². The van der Waals surface area contributed by atoms with Gasteiger partial charge in [-0.2, -0.15) is 0 Å². The molecule has 0 radical (unpaired) electrons. The molecule has 1 aliphatic carbocycles. The van der Waals surface area contributed by atoms with Crippen LogP contribution in [0.4, 0.5) is 10.7 Å². The van der Waals surface area contributed by atoms with Crippen molar-refractivity contribution in [3.8, 4) is 0 Å². The maximum absolute atomic E-state index is 12.9. The number of rotatable bonds is 4. The summed E-state index contributed by atoms with van der Waals surface area (Å²) in [4.78, 5) is 37.1. The van der Waals surface area contributed by atoms with Gasteiger partial charge in [-0.15, -0.1) is 11.3 Å². The van der Waals surface area contributed by atoms with Crippen molar-refractivity contribution in [3.05, 3.63) is 54.9 Å². The van der Waals surface area contributed by atoms with Gasteiger partial charge in [0.25, 0.3) is 11.6 Å². The third-order valence-corrected chi connectivity index (χ3v) is 6.91. The number of anilines is 1. The average Bonchev–Trinajstić information content (AvgIpc) is 3.03. The van der Waals surface area contributed by atoms with E-state index in [-0.39, 0.29) is 21.7 Å². The third-order valence-electron chi connectivity index (χ3n) is 5.51. The molecule has 9 heteroatoms. The van der Waals surface area contributed by atoms with Crippen molar-refractivity contribution in [2.45, 2.75) is 40.0 Å². The molecule has 1 aromatic heterocycles. The highest BCUT2D eigenvalue weighted by Gasteiger charge is 2.34. The maximum Gasteiger partial charge on any atom is 0.341 e. The van der Waals surface area contributed by atoms with Gasteiger partial charge in [0.2, 0.25) is 0 Å². The molecule has 3 rings (SSSR count). The van der Waals surface area contributed by atoms with E-state index in [2.05, 4.69) is 26.1 Å². The average molecular weight is 451 g/mol. The van der Waals surface area contributed by atoms with Gasteiger partial charge in [0.1, 0.15) is 10.6 Å². The number of halogens is 1. The SMILES string of the molecule is COC(=O)c1c(NC(=O)c2cc(Cl)ccc2[N+](=O)[O-])sc2c1CC[C@@H](C(C)(C)C)C2. The second-order valence-corrected chi connectivity index (χ2v) is 9.92. The standard InChI is InChI=1S/C21H23ClN2O5S/c1-21(2,3)11-5-7-13-16(9-11)30-19(17(13)20(26)29-4)23-18(25)14-10-12(22)6-8-15(14)24(27)28/h6,8,10-11H,5,7,9H2,1-4H3,(H,23,25)/t11-/m1/s1. The summed E-state index contributed by atoms with van der Waals surface area (Å²) in [6.07, 6.45) is 2.45. The van der Waals surface area contributed by atoms with E-state index < -0.39 is 16.8 Å². The van der Waals surface area contributed by atoms with Crippen LogP contribution in [-0.4, -0.2) is 23.9 Å². The van der Waals surface area contributed by atoms with Crippen LogP contribution in [-0.2, 0) is 17.6 Å². The molecule has 0 unspecified atom stereocenters. The minimum atomic E-state index is -0.694. The molecule has 1 N–H and O–H groups in total. The summed E-state index contributed by atoms with van der Waals surface area (Å²) in [5, 5.41) is 14.6. The number of nitro benzene ring substituents is 1. The molecule has 1 aromatic carbocycles. The smallest absolute Gasteiger partial charge is 0.341 e. The Labute approximate surface area is 183 Å². The van der Waals surface area contributed by atoms with Crippen LogP contribution >= 0.6 is 22.9 Å². The number of hydrogen-bond acceptors (Lipinski definition) is 6. The van der Waals surface area contributed by atoms with Gasteiger partial charge in [0.15, 0.2) is 0 Å². The first-order valence-electron chi connectivity index (χ1n) is 9.51. The molecule has 1 amide bonds. The number of amides is 1. The molecule has 0 fully saturated rings. The number of nitro groups is 1. The van der Waals surface area contributed by atoms with E-state index in [1.165, 1.54) is 36.6 Å². The molecule has 0 aliphatic heterocycles. The third kappa shape index (κ3) is 4.34. The Kier molecular flexibility index (Phi) is 6.19. The molecule has 0 saturated heterocycles. The fourth-order valence-electron chi connectivity index (χ4n) is 3.75. The molecule has 1 aliphatic rings. The lowest BCUT2D eigenvalue weighted by molar-refractivity contribution is -0.385. The summed E-state index contributed by atoms with van der Waals surface area (Å²) >= 11 is 7.27. The highest BCUT2D eigenvalue weighted by molar-refractivity contribution is 7.17. The number of benzene rings is 1. The van der Waals surface area contributed by atoms with Crippen molar-refractivity contribution >= 4 is 45.5 Å². The molecule has 1 atom stereocenters. The Hall–Kier alpha value is -2.45. The summed E-state index contributed by atoms with van der Waals surface area (Å²) < 4.78 is 4.95. The molecule has 0 bridgehead atoms. The van der Waals surface area contributed by atoms with Crippen molar-refractivity contribution in [1.82, 2.24) is 0 Å². The number of nitrogens with one attached hydrogen (secondary N) is 1. The normalized spacial score (nSPS) is 16.0. The van der Waals surface area contributed by atoms with Gasteiger partial charge in [-0.1, -0.05) is 32.4 Å². The van der Waals surface area contributed by atoms with E-state index in [1.807, 2.05) is 0 Å². The number of hydrogen-bond donors (Lipinski definition) is 1. The second kappa shape index (κ2) is 8.35.